The predicted molar refractivity (Wildman–Crippen MR) is 486 cm³/mol. The second-order valence-electron chi connectivity index (χ2n) is 26.4. The maximum atomic E-state index is 12.4. The number of nitrogens with two attached hydrogens (primary N) is 4. The molecule has 0 bridgehead atoms. The van der Waals surface area contributed by atoms with Crippen LogP contribution in [0.3, 0.4) is 0 Å². The molecule has 0 aromatic heterocycles. The minimum Gasteiger partial charge on any atom is -0.489 e. The van der Waals surface area contributed by atoms with E-state index < -0.39 is 95.7 Å². The number of rotatable bonds is 46. The Morgan fingerprint density at radius 2 is 0.681 bits per heavy atom. The number of nitrogens with one attached hydrogen (secondary N) is 5. The number of fused-ring (bicyclic) bond motifs is 3. The van der Waals surface area contributed by atoms with Gasteiger partial charge in [0.2, 0.25) is 5.43 Å². The van der Waals surface area contributed by atoms with Gasteiger partial charge in [-0.25, -0.2) is 0 Å². The van der Waals surface area contributed by atoms with Crippen molar-refractivity contribution in [3.05, 3.63) is 99.7 Å². The molecule has 3 aliphatic rings. The fourth-order valence-electron chi connectivity index (χ4n) is 10.5. The highest BCUT2D eigenvalue weighted by Gasteiger charge is 2.34. The van der Waals surface area contributed by atoms with E-state index in [1.165, 1.54) is 5.82 Å². The third kappa shape index (κ3) is 46.7. The summed E-state index contributed by atoms with van der Waals surface area (Å²) >= 11 is 3.51. The van der Waals surface area contributed by atoms with Crippen LogP contribution in [0.25, 0.3) is 0 Å². The molecular formula is C72H141BrN12O27P6Si. The number of hydrogen-bond acceptors (Lipinski definition) is 37. The molecule has 0 saturated carbocycles. The van der Waals surface area contributed by atoms with Crippen LogP contribution in [0, 0.1) is 6.92 Å². The Morgan fingerprint density at radius 3 is 0.908 bits per heavy atom. The summed E-state index contributed by atoms with van der Waals surface area (Å²) in [6, 6.07) is 0. The van der Waals surface area contributed by atoms with Crippen LogP contribution < -0.4 is 112 Å². The summed E-state index contributed by atoms with van der Waals surface area (Å²) in [7, 11) is -19.0. The second kappa shape index (κ2) is 63.9. The Bertz CT molecular complexity index is 3880. The molecule has 39 nitrogen and oxygen atoms in total. The molecule has 4 aromatic rings. The van der Waals surface area contributed by atoms with Crippen molar-refractivity contribution in [3.8, 4) is 5.75 Å². The van der Waals surface area contributed by atoms with E-state index in [1.807, 2.05) is 37.5 Å². The molecule has 3 aliphatic heterocycles. The molecule has 47 heteroatoms. The van der Waals surface area contributed by atoms with Gasteiger partial charge in [-0.15, -0.1) is 15.3 Å². The number of anilines is 6. The quantitative estimate of drug-likeness (QED) is 0.00663. The molecule has 0 radical (unpaired) electrons. The predicted octanol–water partition coefficient (Wildman–Crippen LogP) is 7.70. The highest BCUT2D eigenvalue weighted by atomic mass is 79.9. The lowest BCUT2D eigenvalue weighted by Crippen LogP contribution is -2.42. The van der Waals surface area contributed by atoms with Crippen LogP contribution in [0.2, 0.25) is 19.6 Å². The summed E-state index contributed by atoms with van der Waals surface area (Å²) in [5, 5.41) is 15.1. The molecule has 7 rings (SSSR count). The van der Waals surface area contributed by atoms with Gasteiger partial charge in [-0.3, -0.25) is 65.7 Å². The first-order chi connectivity index (χ1) is 56.1. The highest BCUT2D eigenvalue weighted by molar-refractivity contribution is 9.26. The van der Waals surface area contributed by atoms with Crippen molar-refractivity contribution in [1.82, 2.24) is 10.6 Å². The molecule has 0 atom stereocenters. The van der Waals surface area contributed by atoms with Gasteiger partial charge in [0.25, 0.3) is 38.0 Å². The minimum atomic E-state index is -4.08. The molecule has 15 N–H and O–H groups in total. The first kappa shape index (κ1) is 117. The van der Waals surface area contributed by atoms with E-state index in [1.54, 1.807) is 60.3 Å². The lowest BCUT2D eigenvalue weighted by Gasteiger charge is -2.26. The van der Waals surface area contributed by atoms with E-state index in [0.29, 0.717) is 204 Å². The summed E-state index contributed by atoms with van der Waals surface area (Å²) in [4.78, 5) is 113. The normalized spacial score (nSPS) is 13.5. The Kier molecular flexibility index (Phi) is 62.8. The van der Waals surface area contributed by atoms with E-state index in [-0.39, 0.29) is 36.5 Å². The lowest BCUT2D eigenvalue weighted by molar-refractivity contribution is 0.219. The third-order valence-electron chi connectivity index (χ3n) is 15.8. The first-order valence-corrected chi connectivity index (χ1v) is 56.6. The minimum absolute atomic E-state index is 0.0871. The summed E-state index contributed by atoms with van der Waals surface area (Å²) in [5.74, 6) is 1.47. The smallest absolute Gasteiger partial charge is 0.353 e. The number of ether oxygens (including phenoxy) is 1. The standard InChI is InChI=1S/2C13H21N2O5P.C9H13N2O5P.2C9H23N2O3P.C7H8O3.C6H13O3P.C3H9BrSi.C3H10N2/c2*1-3-19-21(18,20-4-2)9-8-15-7-5-6-14-10-11(15)13(17)12(10)16;12-8-6-7(9(8)13)11(3-1-2-10-6)4-5-17(14,15)16;2*1-3-13-15(12,14-4-2)9-8-11-7-5-6-10;1-3-10-7-4(2)5(8)6(7)9;1-4-8-10(7,6-3)9-5-2;1-5(2,3)4;4-2-1-3-5/h2*14H,3-9H2,1-2H3;10H,1-5H2,(H2,14,15,16);2*11H,3-10H2,1-2H3;3H2,1-2H3;6H,3-5H2,1-2H3;1-3H3;1-5H2. The number of halogens is 1. The maximum absolute atomic E-state index is 12.4. The fraction of sp³-hybridized carbons (Fsp3) is 0.750. The zero-order valence-corrected chi connectivity index (χ0v) is 80.6. The van der Waals surface area contributed by atoms with Crippen LogP contribution in [-0.2, 0) is 72.6 Å². The molecule has 0 fully saturated rings. The van der Waals surface area contributed by atoms with Gasteiger partial charge in [-0.05, 0) is 161 Å². The number of nitrogens with zero attached hydrogens (tertiary/aromatic N) is 3. The molecule has 119 heavy (non-hydrogen) atoms. The van der Waals surface area contributed by atoms with Gasteiger partial charge in [0, 0.05) is 83.4 Å². The molecule has 0 unspecified atom stereocenters. The zero-order valence-electron chi connectivity index (χ0n) is 72.7. The SMILES string of the molecule is C=CP(=O)(OCC)OCC.CCOP(=O)(CCN1CCCNc2c1c(=O)c2=O)OCC.CCOP(=O)(CCN1CCCNc2c1c(=O)c2=O)OCC.CCOP(=O)(CCNCCCN)OCC.CCOP(=O)(CCNCCCN)OCC.CCOc1c(C)c(=O)c1=O.C[Si](C)(C)Br.NCCCN.O=c1c2c(c1=O)N(CCP(=O)(O)O)CCCN2. The van der Waals surface area contributed by atoms with Gasteiger partial charge in [0.1, 0.15) is 40.8 Å². The van der Waals surface area contributed by atoms with Crippen molar-refractivity contribution >= 4 is 102 Å². The molecule has 3 heterocycles. The van der Waals surface area contributed by atoms with Crippen molar-refractivity contribution in [3.63, 3.8) is 0 Å². The van der Waals surface area contributed by atoms with Crippen LogP contribution in [-0.4, -0.2) is 231 Å². The van der Waals surface area contributed by atoms with Crippen molar-refractivity contribution < 1.29 is 87.2 Å². The van der Waals surface area contributed by atoms with E-state index in [0.717, 1.165) is 58.3 Å². The van der Waals surface area contributed by atoms with Gasteiger partial charge < -0.3 is 124 Å². The van der Waals surface area contributed by atoms with Gasteiger partial charge in [0.15, 0.2) is 5.75 Å². The Morgan fingerprint density at radius 1 is 0.412 bits per heavy atom. The van der Waals surface area contributed by atoms with Gasteiger partial charge >= 0.3 is 45.6 Å². The van der Waals surface area contributed by atoms with Crippen molar-refractivity contribution in [2.24, 2.45) is 22.9 Å². The van der Waals surface area contributed by atoms with Gasteiger partial charge in [-0.1, -0.05) is 26.2 Å². The van der Waals surface area contributed by atoms with Crippen LogP contribution in [0.15, 0.2) is 50.8 Å². The van der Waals surface area contributed by atoms with Crippen molar-refractivity contribution in [2.75, 3.05) is 245 Å². The monoisotopic (exact) mass is 1900 g/mol. The first-order valence-electron chi connectivity index (χ1n) is 40.5. The average molecular weight is 1900 g/mol. The van der Waals surface area contributed by atoms with Gasteiger partial charge in [0.05, 0.1) is 103 Å². The van der Waals surface area contributed by atoms with Gasteiger partial charge in [-0.2, -0.15) is 0 Å². The molecule has 0 aliphatic carbocycles. The summed E-state index contributed by atoms with van der Waals surface area (Å²) in [6.07, 6.45) is 6.04. The van der Waals surface area contributed by atoms with Crippen LogP contribution in [0.1, 0.15) is 120 Å². The summed E-state index contributed by atoms with van der Waals surface area (Å²) < 4.78 is 127. The summed E-state index contributed by atoms with van der Waals surface area (Å²) in [5.41, 5.74) is 19.6. The van der Waals surface area contributed by atoms with Crippen molar-refractivity contribution in [2.45, 2.75) is 141 Å². The van der Waals surface area contributed by atoms with E-state index in [2.05, 4.69) is 68.1 Å². The highest BCUT2D eigenvalue weighted by Crippen LogP contribution is 2.51. The van der Waals surface area contributed by atoms with Crippen molar-refractivity contribution in [1.29, 1.82) is 0 Å². The molecule has 0 amide bonds. The van der Waals surface area contributed by atoms with E-state index in [9.17, 15) is 65.7 Å². The summed E-state index contributed by atoms with van der Waals surface area (Å²) in [6.45, 7) is 44.8. The van der Waals surface area contributed by atoms with E-state index in [4.69, 9.17) is 82.7 Å². The molecule has 4 aromatic carbocycles. The Hall–Kier alpha value is -3.98. The molecule has 0 spiro atoms. The Balaban J connectivity index is 0. The third-order valence-corrected chi connectivity index (χ3v) is 26.5. The molecule has 0 saturated heterocycles. The second-order valence-corrected chi connectivity index (χ2v) is 50.2. The average Bonchev–Trinajstić information content (AvgIpc) is 1.76. The zero-order chi connectivity index (χ0) is 91.1. The fourth-order valence-corrected chi connectivity index (χ4v) is 18.3. The van der Waals surface area contributed by atoms with Crippen LogP contribution >= 0.6 is 60.9 Å². The van der Waals surface area contributed by atoms with E-state index >= 15 is 0 Å². The van der Waals surface area contributed by atoms with Crippen LogP contribution in [0.4, 0.5) is 34.1 Å². The Labute approximate surface area is 710 Å². The topological polar surface area (TPSA) is 555 Å². The molecule has 692 valence electrons. The number of hydrogen-bond donors (Lipinski definition) is 11. The molecular weight excluding hydrogens is 1760 g/mol. The van der Waals surface area contributed by atoms with Crippen LogP contribution in [0.5, 0.6) is 5.75 Å². The maximum Gasteiger partial charge on any atom is 0.353 e. The lowest BCUT2D eigenvalue weighted by atomic mass is 10.1. The largest absolute Gasteiger partial charge is 0.489 e.